The van der Waals surface area contributed by atoms with Crippen molar-refractivity contribution < 1.29 is 9.53 Å². The van der Waals surface area contributed by atoms with Gasteiger partial charge in [-0.15, -0.1) is 11.3 Å². The molecule has 0 atom stereocenters. The van der Waals surface area contributed by atoms with Crippen molar-refractivity contribution >= 4 is 50.2 Å². The molecule has 2 heterocycles. The monoisotopic (exact) mass is 288 g/mol. The van der Waals surface area contributed by atoms with Crippen LogP contribution in [0.1, 0.15) is 17.3 Å². The van der Waals surface area contributed by atoms with Crippen LogP contribution in [0.3, 0.4) is 0 Å². The van der Waals surface area contributed by atoms with Crippen LogP contribution in [0.25, 0.3) is 9.75 Å². The third-order valence-corrected chi connectivity index (χ3v) is 5.92. The molecule has 2 aromatic heterocycles. The molecular formula is C10H8O2S4. The van der Waals surface area contributed by atoms with Gasteiger partial charge in [-0.1, -0.05) is 39.0 Å². The summed E-state index contributed by atoms with van der Waals surface area (Å²) in [5.74, 6) is -0.312. The van der Waals surface area contributed by atoms with Gasteiger partial charge in [0.2, 0.25) is 0 Å². The fourth-order valence-corrected chi connectivity index (χ4v) is 5.02. The summed E-state index contributed by atoms with van der Waals surface area (Å²) >= 11 is 6.77. The van der Waals surface area contributed by atoms with Crippen LogP contribution in [-0.2, 0) is 4.74 Å². The van der Waals surface area contributed by atoms with Crippen LogP contribution >= 0.6 is 44.2 Å². The normalized spacial score (nSPS) is 10.3. The van der Waals surface area contributed by atoms with Gasteiger partial charge < -0.3 is 4.74 Å². The zero-order chi connectivity index (χ0) is 11.5. The third kappa shape index (κ3) is 2.24. The fraction of sp³-hybridized carbons (Fsp3) is 0.200. The number of esters is 1. The van der Waals surface area contributed by atoms with Gasteiger partial charge >= 0.3 is 5.97 Å². The van der Waals surface area contributed by atoms with Crippen molar-refractivity contribution in [3.8, 4) is 9.75 Å². The molecule has 0 N–H and O–H groups in total. The molecule has 16 heavy (non-hydrogen) atoms. The molecule has 2 aromatic rings. The molecule has 0 aliphatic heterocycles. The van der Waals surface area contributed by atoms with Crippen molar-refractivity contribution in [1.82, 2.24) is 0 Å². The molecule has 0 spiro atoms. The fourth-order valence-electron chi connectivity index (χ4n) is 1.21. The number of carbonyl (C=O) groups excluding carboxylic acids is 1. The summed E-state index contributed by atoms with van der Waals surface area (Å²) in [4.78, 5) is 13.8. The van der Waals surface area contributed by atoms with Gasteiger partial charge in [-0.25, -0.2) is 4.79 Å². The van der Waals surface area contributed by atoms with Crippen molar-refractivity contribution in [2.24, 2.45) is 0 Å². The molecule has 2 rings (SSSR count). The minimum Gasteiger partial charge on any atom is -0.462 e. The first-order valence-corrected chi connectivity index (χ1v) is 8.02. The van der Waals surface area contributed by atoms with Crippen LogP contribution in [0.2, 0.25) is 0 Å². The van der Waals surface area contributed by atoms with E-state index in [4.69, 9.17) is 17.0 Å². The Kier molecular flexibility index (Phi) is 3.86. The molecule has 0 saturated carbocycles. The van der Waals surface area contributed by atoms with Gasteiger partial charge in [0.15, 0.2) is 0 Å². The quantitative estimate of drug-likeness (QED) is 0.474. The molecule has 0 saturated heterocycles. The van der Waals surface area contributed by atoms with Crippen LogP contribution in [0.5, 0.6) is 0 Å². The highest BCUT2D eigenvalue weighted by molar-refractivity contribution is 7.80. The Hall–Kier alpha value is -0.560. The Morgan fingerprint density at radius 1 is 1.50 bits per heavy atom. The standard InChI is InChI=1S/C10H8O2S4/c1-2-12-9(11)7-8(15-16-10(7)13)6-4-3-5-14-6/h3-5H,2H2,1H3. The van der Waals surface area contributed by atoms with Gasteiger partial charge in [0, 0.05) is 4.88 Å². The van der Waals surface area contributed by atoms with Crippen molar-refractivity contribution in [3.63, 3.8) is 0 Å². The van der Waals surface area contributed by atoms with Crippen LogP contribution < -0.4 is 0 Å². The van der Waals surface area contributed by atoms with Gasteiger partial charge in [-0.05, 0) is 18.4 Å². The first-order valence-electron chi connectivity index (χ1n) is 4.58. The highest BCUT2D eigenvalue weighted by atomic mass is 32.9. The van der Waals surface area contributed by atoms with Crippen LogP contribution in [0.4, 0.5) is 0 Å². The Balaban J connectivity index is 2.48. The molecule has 0 aromatic carbocycles. The highest BCUT2D eigenvalue weighted by Gasteiger charge is 2.19. The van der Waals surface area contributed by atoms with Crippen molar-refractivity contribution in [2.45, 2.75) is 6.92 Å². The summed E-state index contributed by atoms with van der Waals surface area (Å²) in [6.07, 6.45) is 0. The predicted octanol–water partition coefficient (Wildman–Crippen LogP) is 4.44. The molecular weight excluding hydrogens is 280 g/mol. The average molecular weight is 288 g/mol. The Morgan fingerprint density at radius 2 is 2.31 bits per heavy atom. The maximum Gasteiger partial charge on any atom is 0.342 e. The zero-order valence-corrected chi connectivity index (χ0v) is 11.7. The molecule has 0 aliphatic carbocycles. The summed E-state index contributed by atoms with van der Waals surface area (Å²) in [7, 11) is 2.98. The zero-order valence-electron chi connectivity index (χ0n) is 8.39. The number of thiophene rings is 1. The van der Waals surface area contributed by atoms with E-state index in [0.29, 0.717) is 16.0 Å². The second-order valence-electron chi connectivity index (χ2n) is 2.86. The van der Waals surface area contributed by atoms with E-state index < -0.39 is 0 Å². The topological polar surface area (TPSA) is 26.3 Å². The van der Waals surface area contributed by atoms with E-state index in [1.807, 2.05) is 17.5 Å². The minimum atomic E-state index is -0.312. The van der Waals surface area contributed by atoms with E-state index in [-0.39, 0.29) is 5.97 Å². The van der Waals surface area contributed by atoms with Gasteiger partial charge in [-0.2, -0.15) is 0 Å². The molecule has 2 nitrogen and oxygen atoms in total. The molecule has 0 fully saturated rings. The van der Waals surface area contributed by atoms with E-state index in [0.717, 1.165) is 9.75 Å². The third-order valence-electron chi connectivity index (χ3n) is 1.86. The second kappa shape index (κ2) is 5.18. The summed E-state index contributed by atoms with van der Waals surface area (Å²) in [5, 5.41) is 1.98. The second-order valence-corrected chi connectivity index (χ2v) is 6.62. The lowest BCUT2D eigenvalue weighted by molar-refractivity contribution is 0.0527. The van der Waals surface area contributed by atoms with Crippen LogP contribution in [0, 0.1) is 3.82 Å². The van der Waals surface area contributed by atoms with Gasteiger partial charge in [0.25, 0.3) is 0 Å². The van der Waals surface area contributed by atoms with E-state index in [1.165, 1.54) is 20.7 Å². The molecule has 0 unspecified atom stereocenters. The molecule has 0 bridgehead atoms. The Labute approximate surface area is 110 Å². The molecule has 84 valence electrons. The van der Waals surface area contributed by atoms with Crippen LogP contribution in [0.15, 0.2) is 17.5 Å². The van der Waals surface area contributed by atoms with Crippen LogP contribution in [-0.4, -0.2) is 12.6 Å². The Morgan fingerprint density at radius 3 is 2.94 bits per heavy atom. The lowest BCUT2D eigenvalue weighted by Crippen LogP contribution is -2.04. The summed E-state index contributed by atoms with van der Waals surface area (Å²) in [6, 6.07) is 3.95. The predicted molar refractivity (Wildman–Crippen MR) is 72.3 cm³/mol. The Bertz CT molecular complexity index is 535. The molecule has 0 amide bonds. The first-order chi connectivity index (χ1) is 7.74. The maximum atomic E-state index is 11.8. The van der Waals surface area contributed by atoms with E-state index in [2.05, 4.69) is 0 Å². The summed E-state index contributed by atoms with van der Waals surface area (Å²) in [6.45, 7) is 2.17. The van der Waals surface area contributed by atoms with E-state index in [1.54, 1.807) is 18.3 Å². The largest absolute Gasteiger partial charge is 0.462 e. The lowest BCUT2D eigenvalue weighted by atomic mass is 10.2. The SMILES string of the molecule is CCOC(=O)c1c(-c2cccs2)ssc1=S. The van der Waals surface area contributed by atoms with Gasteiger partial charge in [0.05, 0.1) is 11.5 Å². The van der Waals surface area contributed by atoms with E-state index in [9.17, 15) is 4.79 Å². The lowest BCUT2D eigenvalue weighted by Gasteiger charge is -2.00. The molecule has 0 aliphatic rings. The van der Waals surface area contributed by atoms with Gasteiger partial charge in [0.1, 0.15) is 9.39 Å². The number of hydrogen-bond acceptors (Lipinski definition) is 6. The smallest absolute Gasteiger partial charge is 0.342 e. The van der Waals surface area contributed by atoms with Gasteiger partial charge in [-0.3, -0.25) is 0 Å². The molecule has 0 radical (unpaired) electrons. The minimum absolute atomic E-state index is 0.312. The average Bonchev–Trinajstić information content (AvgIpc) is 2.86. The van der Waals surface area contributed by atoms with Crippen molar-refractivity contribution in [1.29, 1.82) is 0 Å². The number of rotatable bonds is 3. The summed E-state index contributed by atoms with van der Waals surface area (Å²) in [5.41, 5.74) is 0.550. The van der Waals surface area contributed by atoms with Crippen molar-refractivity contribution in [3.05, 3.63) is 26.9 Å². The highest BCUT2D eigenvalue weighted by Crippen LogP contribution is 2.37. The number of carbonyl (C=O) groups is 1. The number of hydrogen-bond donors (Lipinski definition) is 0. The van der Waals surface area contributed by atoms with E-state index >= 15 is 0 Å². The maximum absolute atomic E-state index is 11.8. The number of ether oxygens (including phenoxy) is 1. The summed E-state index contributed by atoms with van der Waals surface area (Å²) < 4.78 is 5.64. The first kappa shape index (κ1) is 11.9. The van der Waals surface area contributed by atoms with Crippen molar-refractivity contribution in [2.75, 3.05) is 6.61 Å². The molecule has 6 heteroatoms.